The zero-order valence-electron chi connectivity index (χ0n) is 11.2. The average Bonchev–Trinajstić information content (AvgIpc) is 2.48. The fraction of sp³-hybridized carbons (Fsp3) is 0. The fourth-order valence-corrected chi connectivity index (χ4v) is 1.70. The number of carbonyl (C=O) groups excluding carboxylic acids is 1. The maximum Gasteiger partial charge on any atom is 0.343 e. The van der Waals surface area contributed by atoms with Crippen LogP contribution < -0.4 is 4.74 Å². The van der Waals surface area contributed by atoms with Gasteiger partial charge in [-0.05, 0) is 24.3 Å². The first-order valence-electron chi connectivity index (χ1n) is 5.97. The minimum absolute atomic E-state index is 0.362. The van der Waals surface area contributed by atoms with E-state index in [2.05, 4.69) is 0 Å². The van der Waals surface area contributed by atoms with E-state index in [-0.39, 0.29) is 5.56 Å². The van der Waals surface area contributed by atoms with E-state index in [0.29, 0.717) is 0 Å². The van der Waals surface area contributed by atoms with Crippen LogP contribution in [0.4, 0.5) is 0 Å². The molecule has 0 spiro atoms. The van der Waals surface area contributed by atoms with Crippen LogP contribution in [0.2, 0.25) is 0 Å². The van der Waals surface area contributed by atoms with Gasteiger partial charge in [-0.3, -0.25) is 0 Å². The first kappa shape index (κ1) is 15.8. The van der Waals surface area contributed by atoms with Crippen molar-refractivity contribution in [3.8, 4) is 34.5 Å². The van der Waals surface area contributed by atoms with Crippen LogP contribution in [0, 0.1) is 0 Å². The molecule has 0 fully saturated rings. The van der Waals surface area contributed by atoms with Crippen LogP contribution in [0.5, 0.6) is 34.5 Å². The van der Waals surface area contributed by atoms with Gasteiger partial charge in [0.25, 0.3) is 0 Å². The number of hydrogen-bond acceptors (Lipinski definition) is 8. The normalized spacial score (nSPS) is 10.3. The molecule has 0 aliphatic heterocycles. The quantitative estimate of drug-likeness (QED) is 0.276. The van der Waals surface area contributed by atoms with Crippen LogP contribution in [0.25, 0.3) is 0 Å². The largest absolute Gasteiger partial charge is 0.504 e. The number of esters is 1. The predicted molar refractivity (Wildman–Crippen MR) is 73.1 cm³/mol. The van der Waals surface area contributed by atoms with E-state index < -0.39 is 52.0 Å². The van der Waals surface area contributed by atoms with Gasteiger partial charge in [-0.25, -0.2) is 9.59 Å². The number of carbonyl (C=O) groups is 2. The molecule has 0 unspecified atom stereocenters. The fourth-order valence-electron chi connectivity index (χ4n) is 1.70. The van der Waals surface area contributed by atoms with Gasteiger partial charge in [-0.2, -0.15) is 0 Å². The van der Waals surface area contributed by atoms with Gasteiger partial charge in [0, 0.05) is 0 Å². The first-order chi connectivity index (χ1) is 10.7. The van der Waals surface area contributed by atoms with E-state index in [1.165, 1.54) is 0 Å². The molecule has 0 aliphatic rings. The molecule has 0 aromatic heterocycles. The van der Waals surface area contributed by atoms with Crippen molar-refractivity contribution in [2.75, 3.05) is 0 Å². The van der Waals surface area contributed by atoms with Crippen molar-refractivity contribution < 1.29 is 45.0 Å². The minimum atomic E-state index is -1.50. The van der Waals surface area contributed by atoms with Gasteiger partial charge < -0.3 is 35.4 Å². The number of carboxylic acid groups (broad SMARTS) is 1. The Labute approximate surface area is 127 Å². The van der Waals surface area contributed by atoms with Gasteiger partial charge in [0.2, 0.25) is 5.75 Å². The van der Waals surface area contributed by atoms with Crippen LogP contribution in [0.15, 0.2) is 24.3 Å². The summed E-state index contributed by atoms with van der Waals surface area (Å²) >= 11 is 0. The maximum atomic E-state index is 11.9. The molecule has 0 saturated heterocycles. The molecule has 2 aromatic rings. The lowest BCUT2D eigenvalue weighted by molar-refractivity contribution is 0.0692. The van der Waals surface area contributed by atoms with E-state index >= 15 is 0 Å². The third kappa shape index (κ3) is 2.88. The third-order valence-corrected chi connectivity index (χ3v) is 2.85. The van der Waals surface area contributed by atoms with E-state index in [1.807, 2.05) is 0 Å². The summed E-state index contributed by atoms with van der Waals surface area (Å²) in [5.74, 6) is -7.50. The summed E-state index contributed by atoms with van der Waals surface area (Å²) in [5, 5.41) is 55.8. The minimum Gasteiger partial charge on any atom is -0.504 e. The number of aromatic hydroxyl groups is 5. The number of hydrogen-bond donors (Lipinski definition) is 6. The molecule has 0 atom stereocenters. The van der Waals surface area contributed by atoms with Gasteiger partial charge in [-0.15, -0.1) is 0 Å². The standard InChI is InChI=1S/C14H10O9/c15-7-3-5(4-8(16)11(7)18)14(22)23-9-2-1-6(13(20)21)10(17)12(9)19/h1-4,15-19H,(H,20,21). The predicted octanol–water partition coefficient (Wildman–Crippen LogP) is 1.13. The van der Waals surface area contributed by atoms with Gasteiger partial charge >= 0.3 is 11.9 Å². The molecule has 0 radical (unpaired) electrons. The van der Waals surface area contributed by atoms with Crippen LogP contribution in [0.3, 0.4) is 0 Å². The Balaban J connectivity index is 2.34. The Morgan fingerprint density at radius 3 is 1.91 bits per heavy atom. The third-order valence-electron chi connectivity index (χ3n) is 2.85. The lowest BCUT2D eigenvalue weighted by Gasteiger charge is -2.10. The molecule has 0 amide bonds. The molecule has 0 aliphatic carbocycles. The molecule has 2 aromatic carbocycles. The Morgan fingerprint density at radius 2 is 1.39 bits per heavy atom. The summed E-state index contributed by atoms with van der Waals surface area (Å²) < 4.78 is 4.75. The first-order valence-corrected chi connectivity index (χ1v) is 5.97. The summed E-state index contributed by atoms with van der Waals surface area (Å²) in [6.07, 6.45) is 0. The van der Waals surface area contributed by atoms with E-state index in [9.17, 15) is 35.1 Å². The Morgan fingerprint density at radius 1 is 0.826 bits per heavy atom. The lowest BCUT2D eigenvalue weighted by atomic mass is 10.1. The zero-order chi connectivity index (χ0) is 17.3. The monoisotopic (exact) mass is 322 g/mol. The number of phenolic OH excluding ortho intramolecular Hbond substituents is 4. The van der Waals surface area contributed by atoms with Gasteiger partial charge in [0.15, 0.2) is 28.7 Å². The molecule has 120 valence electrons. The van der Waals surface area contributed by atoms with Crippen molar-refractivity contribution >= 4 is 11.9 Å². The van der Waals surface area contributed by atoms with Gasteiger partial charge in [0.05, 0.1) is 5.56 Å². The van der Waals surface area contributed by atoms with Crippen LogP contribution >= 0.6 is 0 Å². The smallest absolute Gasteiger partial charge is 0.343 e. The zero-order valence-corrected chi connectivity index (χ0v) is 11.2. The van der Waals surface area contributed by atoms with E-state index in [0.717, 1.165) is 24.3 Å². The molecular weight excluding hydrogens is 312 g/mol. The highest BCUT2D eigenvalue weighted by molar-refractivity contribution is 5.95. The molecule has 0 heterocycles. The van der Waals surface area contributed by atoms with Crippen molar-refractivity contribution in [1.82, 2.24) is 0 Å². The highest BCUT2D eigenvalue weighted by atomic mass is 16.5. The number of phenols is 5. The summed E-state index contributed by atoms with van der Waals surface area (Å²) in [4.78, 5) is 22.7. The Hall–Kier alpha value is -3.62. The summed E-state index contributed by atoms with van der Waals surface area (Å²) in [7, 11) is 0. The molecule has 0 saturated carbocycles. The summed E-state index contributed by atoms with van der Waals surface area (Å²) in [6, 6.07) is 3.46. The lowest BCUT2D eigenvalue weighted by Crippen LogP contribution is -2.09. The highest BCUT2D eigenvalue weighted by Crippen LogP contribution is 2.39. The molecule has 6 N–H and O–H groups in total. The number of carboxylic acids is 1. The second-order valence-corrected chi connectivity index (χ2v) is 4.37. The number of ether oxygens (including phenoxy) is 1. The second kappa shape index (κ2) is 5.64. The molecule has 9 heteroatoms. The van der Waals surface area contributed by atoms with Crippen LogP contribution in [-0.4, -0.2) is 42.6 Å². The number of rotatable bonds is 3. The topological polar surface area (TPSA) is 165 Å². The number of benzene rings is 2. The van der Waals surface area contributed by atoms with Crippen molar-refractivity contribution in [3.05, 3.63) is 35.4 Å². The molecular formula is C14H10O9. The van der Waals surface area contributed by atoms with Crippen molar-refractivity contribution in [3.63, 3.8) is 0 Å². The van der Waals surface area contributed by atoms with Crippen molar-refractivity contribution in [2.45, 2.75) is 0 Å². The average molecular weight is 322 g/mol. The Bertz CT molecular complexity index is 787. The van der Waals surface area contributed by atoms with E-state index in [4.69, 9.17) is 9.84 Å². The van der Waals surface area contributed by atoms with Crippen LogP contribution in [-0.2, 0) is 0 Å². The van der Waals surface area contributed by atoms with Crippen molar-refractivity contribution in [2.24, 2.45) is 0 Å². The summed E-state index contributed by atoms with van der Waals surface area (Å²) in [5.41, 5.74) is -0.957. The molecule has 9 nitrogen and oxygen atoms in total. The highest BCUT2D eigenvalue weighted by Gasteiger charge is 2.21. The molecule has 23 heavy (non-hydrogen) atoms. The Kier molecular flexibility index (Phi) is 3.86. The van der Waals surface area contributed by atoms with Gasteiger partial charge in [-0.1, -0.05) is 0 Å². The summed E-state index contributed by atoms with van der Waals surface area (Å²) in [6.45, 7) is 0. The van der Waals surface area contributed by atoms with Crippen molar-refractivity contribution in [1.29, 1.82) is 0 Å². The SMILES string of the molecule is O=C(Oc1ccc(C(=O)O)c(O)c1O)c1cc(O)c(O)c(O)c1. The van der Waals surface area contributed by atoms with Crippen LogP contribution in [0.1, 0.15) is 20.7 Å². The molecule has 2 rings (SSSR count). The molecule has 0 bridgehead atoms. The van der Waals surface area contributed by atoms with Gasteiger partial charge in [0.1, 0.15) is 5.56 Å². The maximum absolute atomic E-state index is 11.9. The van der Waals surface area contributed by atoms with E-state index in [1.54, 1.807) is 0 Å². The second-order valence-electron chi connectivity index (χ2n) is 4.37. The number of aromatic carboxylic acids is 1.